The molecular formula is C16H17ClN2O. The lowest BCUT2D eigenvalue weighted by Crippen LogP contribution is -2.17. The minimum absolute atomic E-state index is 0.0358. The van der Waals surface area contributed by atoms with Gasteiger partial charge in [-0.05, 0) is 38.1 Å². The van der Waals surface area contributed by atoms with Crippen molar-refractivity contribution >= 4 is 28.2 Å². The van der Waals surface area contributed by atoms with Gasteiger partial charge in [-0.25, -0.2) is 0 Å². The normalized spacial score (nSPS) is 12.5. The number of hydrogen-bond acceptors (Lipinski definition) is 2. The van der Waals surface area contributed by atoms with Crippen LogP contribution in [0, 0.1) is 0 Å². The zero-order valence-corrected chi connectivity index (χ0v) is 12.3. The molecule has 1 aromatic heterocycles. The van der Waals surface area contributed by atoms with Crippen LogP contribution < -0.4 is 11.2 Å². The van der Waals surface area contributed by atoms with Crippen LogP contribution in [0.5, 0.6) is 0 Å². The highest BCUT2D eigenvalue weighted by molar-refractivity contribution is 6.31. The Bertz CT molecular complexity index is 757. The zero-order chi connectivity index (χ0) is 14.7. The molecule has 20 heavy (non-hydrogen) atoms. The maximum Gasteiger partial charge on any atom is 0.193 e. The van der Waals surface area contributed by atoms with Crippen molar-refractivity contribution in [3.8, 4) is 0 Å². The van der Waals surface area contributed by atoms with Gasteiger partial charge < -0.3 is 10.3 Å². The summed E-state index contributed by atoms with van der Waals surface area (Å²) in [4.78, 5) is 12.3. The first-order valence-electron chi connectivity index (χ1n) is 6.45. The standard InChI is InChI=1S/C16H17ClN2O/c1-3-5-13(4-2)19-10-11(9-18)16(20)14-7-6-12(17)8-15(14)19/h3-8,10H,9,18H2,1-2H3/b5-3-,13-4+. The van der Waals surface area contributed by atoms with E-state index < -0.39 is 0 Å². The highest BCUT2D eigenvalue weighted by Gasteiger charge is 2.10. The summed E-state index contributed by atoms with van der Waals surface area (Å²) in [5.74, 6) is 0. The van der Waals surface area contributed by atoms with Gasteiger partial charge in [0.05, 0.1) is 5.52 Å². The van der Waals surface area contributed by atoms with Gasteiger partial charge in [0, 0.05) is 34.4 Å². The average molecular weight is 289 g/mol. The fourth-order valence-corrected chi connectivity index (χ4v) is 2.36. The second kappa shape index (κ2) is 6.07. The molecule has 0 atom stereocenters. The van der Waals surface area contributed by atoms with Crippen molar-refractivity contribution in [3.05, 3.63) is 63.4 Å². The van der Waals surface area contributed by atoms with Crippen LogP contribution in [0.3, 0.4) is 0 Å². The van der Waals surface area contributed by atoms with Gasteiger partial charge in [-0.2, -0.15) is 0 Å². The summed E-state index contributed by atoms with van der Waals surface area (Å²) in [7, 11) is 0. The Morgan fingerprint density at radius 3 is 2.75 bits per heavy atom. The summed E-state index contributed by atoms with van der Waals surface area (Å²) in [6, 6.07) is 5.27. The second-order valence-electron chi connectivity index (χ2n) is 4.43. The molecule has 0 unspecified atom stereocenters. The lowest BCUT2D eigenvalue weighted by molar-refractivity contribution is 1.01. The number of nitrogens with two attached hydrogens (primary N) is 1. The monoisotopic (exact) mass is 288 g/mol. The Hall–Kier alpha value is -1.84. The Labute approximate surface area is 123 Å². The topological polar surface area (TPSA) is 48.0 Å². The molecule has 1 aromatic carbocycles. The van der Waals surface area contributed by atoms with E-state index in [0.717, 1.165) is 11.2 Å². The van der Waals surface area contributed by atoms with Crippen molar-refractivity contribution in [2.24, 2.45) is 5.73 Å². The van der Waals surface area contributed by atoms with Crippen molar-refractivity contribution in [2.45, 2.75) is 20.4 Å². The fourth-order valence-electron chi connectivity index (χ4n) is 2.20. The van der Waals surface area contributed by atoms with Gasteiger partial charge in [-0.3, -0.25) is 4.79 Å². The number of halogens is 1. The van der Waals surface area contributed by atoms with E-state index in [1.54, 1.807) is 24.4 Å². The van der Waals surface area contributed by atoms with Gasteiger partial charge in [-0.1, -0.05) is 23.8 Å². The molecule has 0 aliphatic rings. The van der Waals surface area contributed by atoms with E-state index in [2.05, 4.69) is 0 Å². The molecule has 2 N–H and O–H groups in total. The molecule has 3 nitrogen and oxygen atoms in total. The number of allylic oxidation sites excluding steroid dienone is 4. The summed E-state index contributed by atoms with van der Waals surface area (Å²) in [5, 5.41) is 1.23. The molecule has 0 amide bonds. The third-order valence-corrected chi connectivity index (χ3v) is 3.41. The molecule has 0 spiro atoms. The molecule has 0 aliphatic carbocycles. The van der Waals surface area contributed by atoms with Gasteiger partial charge in [0.15, 0.2) is 5.43 Å². The van der Waals surface area contributed by atoms with Crippen LogP contribution in [-0.2, 0) is 6.54 Å². The van der Waals surface area contributed by atoms with Gasteiger partial charge in [0.25, 0.3) is 0 Å². The first-order chi connectivity index (χ1) is 9.62. The summed E-state index contributed by atoms with van der Waals surface area (Å²) in [6.07, 6.45) is 7.69. The number of benzene rings is 1. The van der Waals surface area contributed by atoms with Crippen LogP contribution in [0.2, 0.25) is 5.02 Å². The van der Waals surface area contributed by atoms with E-state index >= 15 is 0 Å². The van der Waals surface area contributed by atoms with Crippen LogP contribution >= 0.6 is 11.6 Å². The van der Waals surface area contributed by atoms with Crippen LogP contribution in [0.25, 0.3) is 16.6 Å². The third-order valence-electron chi connectivity index (χ3n) is 3.17. The number of aromatic nitrogens is 1. The Balaban J connectivity index is 2.92. The van der Waals surface area contributed by atoms with Crippen molar-refractivity contribution in [3.63, 3.8) is 0 Å². The number of fused-ring (bicyclic) bond motifs is 1. The summed E-state index contributed by atoms with van der Waals surface area (Å²) in [5.41, 5.74) is 7.98. The third kappa shape index (κ3) is 2.55. The van der Waals surface area contributed by atoms with Crippen LogP contribution in [0.15, 0.2) is 47.4 Å². The summed E-state index contributed by atoms with van der Waals surface area (Å²) >= 11 is 6.06. The molecule has 0 saturated heterocycles. The van der Waals surface area contributed by atoms with Crippen molar-refractivity contribution in [1.82, 2.24) is 4.57 Å². The molecule has 0 bridgehead atoms. The van der Waals surface area contributed by atoms with Crippen LogP contribution in [0.4, 0.5) is 0 Å². The number of pyridine rings is 1. The highest BCUT2D eigenvalue weighted by atomic mass is 35.5. The second-order valence-corrected chi connectivity index (χ2v) is 4.87. The molecule has 0 fully saturated rings. The first-order valence-corrected chi connectivity index (χ1v) is 6.83. The Kier molecular flexibility index (Phi) is 4.42. The molecule has 104 valence electrons. The predicted molar refractivity (Wildman–Crippen MR) is 85.9 cm³/mol. The Morgan fingerprint density at radius 1 is 1.40 bits per heavy atom. The molecule has 2 aromatic rings. The Morgan fingerprint density at radius 2 is 2.15 bits per heavy atom. The molecule has 0 radical (unpaired) electrons. The van der Waals surface area contributed by atoms with Gasteiger partial charge in [0.1, 0.15) is 0 Å². The average Bonchev–Trinajstić information content (AvgIpc) is 2.45. The fraction of sp³-hybridized carbons (Fsp3) is 0.188. The molecule has 2 rings (SSSR count). The van der Waals surface area contributed by atoms with E-state index in [9.17, 15) is 4.79 Å². The minimum Gasteiger partial charge on any atom is -0.326 e. The van der Waals surface area contributed by atoms with E-state index in [0.29, 0.717) is 16.0 Å². The maximum absolute atomic E-state index is 12.3. The summed E-state index contributed by atoms with van der Waals surface area (Å²) < 4.78 is 1.95. The number of nitrogens with zero attached hydrogens (tertiary/aromatic N) is 1. The number of hydrogen-bond donors (Lipinski definition) is 1. The number of rotatable bonds is 3. The largest absolute Gasteiger partial charge is 0.326 e. The van der Waals surface area contributed by atoms with E-state index in [1.807, 2.05) is 36.6 Å². The lowest BCUT2D eigenvalue weighted by atomic mass is 10.1. The van der Waals surface area contributed by atoms with Crippen LogP contribution in [0.1, 0.15) is 19.4 Å². The van der Waals surface area contributed by atoms with Crippen molar-refractivity contribution < 1.29 is 0 Å². The lowest BCUT2D eigenvalue weighted by Gasteiger charge is -2.14. The van der Waals surface area contributed by atoms with Gasteiger partial charge >= 0.3 is 0 Å². The predicted octanol–water partition coefficient (Wildman–Crippen LogP) is 3.55. The quantitative estimate of drug-likeness (QED) is 0.878. The minimum atomic E-state index is -0.0358. The smallest absolute Gasteiger partial charge is 0.193 e. The van der Waals surface area contributed by atoms with Crippen molar-refractivity contribution in [1.29, 1.82) is 0 Å². The zero-order valence-electron chi connectivity index (χ0n) is 11.6. The molecular weight excluding hydrogens is 272 g/mol. The maximum atomic E-state index is 12.3. The van der Waals surface area contributed by atoms with Gasteiger partial charge in [-0.15, -0.1) is 0 Å². The molecule has 4 heteroatoms. The van der Waals surface area contributed by atoms with E-state index in [1.165, 1.54) is 0 Å². The SMILES string of the molecule is C/C=C\C(=C/C)n1cc(CN)c(=O)c2ccc(Cl)cc21. The molecule has 1 heterocycles. The van der Waals surface area contributed by atoms with E-state index in [-0.39, 0.29) is 12.0 Å². The summed E-state index contributed by atoms with van der Waals surface area (Å²) in [6.45, 7) is 4.11. The van der Waals surface area contributed by atoms with E-state index in [4.69, 9.17) is 17.3 Å². The molecule has 0 aliphatic heterocycles. The van der Waals surface area contributed by atoms with Crippen LogP contribution in [-0.4, -0.2) is 4.57 Å². The highest BCUT2D eigenvalue weighted by Crippen LogP contribution is 2.21. The van der Waals surface area contributed by atoms with Gasteiger partial charge in [0.2, 0.25) is 0 Å². The molecule has 0 saturated carbocycles. The van der Waals surface area contributed by atoms with Crippen molar-refractivity contribution in [2.75, 3.05) is 0 Å². The first kappa shape index (κ1) is 14.6.